The maximum atomic E-state index is 11.7. The van der Waals surface area contributed by atoms with E-state index in [-0.39, 0.29) is 10.6 Å². The Morgan fingerprint density at radius 2 is 2.09 bits per heavy atom. The van der Waals surface area contributed by atoms with Crippen molar-refractivity contribution in [3.05, 3.63) is 63.7 Å². The highest BCUT2D eigenvalue weighted by Crippen LogP contribution is 2.21. The zero-order valence-corrected chi connectivity index (χ0v) is 12.5. The van der Waals surface area contributed by atoms with Gasteiger partial charge in [-0.05, 0) is 0 Å². The molecule has 1 N–H and O–H groups in total. The summed E-state index contributed by atoms with van der Waals surface area (Å²) in [5.41, 5.74) is 1.77. The second-order valence-electron chi connectivity index (χ2n) is 4.70. The van der Waals surface area contributed by atoms with E-state index in [0.717, 1.165) is 5.56 Å². The van der Waals surface area contributed by atoms with Gasteiger partial charge in [0, 0.05) is 18.7 Å². The van der Waals surface area contributed by atoms with Crippen LogP contribution in [0, 0.1) is 0 Å². The molecule has 3 rings (SSSR count). The first-order valence-corrected chi connectivity index (χ1v) is 6.99. The van der Waals surface area contributed by atoms with Crippen molar-refractivity contribution in [1.82, 2.24) is 14.9 Å². The van der Waals surface area contributed by atoms with Crippen LogP contribution in [0.4, 0.5) is 5.69 Å². The molecule has 0 unspecified atom stereocenters. The minimum absolute atomic E-state index is 0.101. The van der Waals surface area contributed by atoms with E-state index in [4.69, 9.17) is 16.1 Å². The van der Waals surface area contributed by atoms with E-state index in [1.165, 1.54) is 10.9 Å². The Morgan fingerprint density at radius 3 is 2.86 bits per heavy atom. The second kappa shape index (κ2) is 6.03. The summed E-state index contributed by atoms with van der Waals surface area (Å²) in [6.45, 7) is 0.380. The molecule has 0 aliphatic rings. The van der Waals surface area contributed by atoms with Crippen molar-refractivity contribution in [2.75, 3.05) is 5.32 Å². The summed E-state index contributed by atoms with van der Waals surface area (Å²) < 4.78 is 6.49. The molecule has 1 aromatic carbocycles. The van der Waals surface area contributed by atoms with Crippen LogP contribution in [0.3, 0.4) is 0 Å². The smallest absolute Gasteiger partial charge is 0.287 e. The lowest BCUT2D eigenvalue weighted by Gasteiger charge is -2.06. The van der Waals surface area contributed by atoms with Crippen molar-refractivity contribution in [1.29, 1.82) is 0 Å². The molecule has 0 aliphatic carbocycles. The third-order valence-corrected chi connectivity index (χ3v) is 3.52. The van der Waals surface area contributed by atoms with Crippen molar-refractivity contribution in [3.8, 4) is 11.3 Å². The molecule has 2 heterocycles. The minimum Gasteiger partial charge on any atom is -0.377 e. The van der Waals surface area contributed by atoms with Gasteiger partial charge in [-0.25, -0.2) is 4.68 Å². The third-order valence-electron chi connectivity index (χ3n) is 3.16. The number of benzene rings is 1. The minimum atomic E-state index is -0.350. The molecule has 0 radical (unpaired) electrons. The molecule has 0 saturated carbocycles. The van der Waals surface area contributed by atoms with Crippen molar-refractivity contribution in [2.45, 2.75) is 6.54 Å². The third kappa shape index (κ3) is 2.87. The standard InChI is InChI=1S/C15H13ClN4O2/c1-20-15(21)14(16)12(9-18-20)17-8-11-7-13(22-19-11)10-5-3-2-4-6-10/h2-7,9,17H,8H2,1H3. The summed E-state index contributed by atoms with van der Waals surface area (Å²) in [6.07, 6.45) is 1.50. The molecule has 0 spiro atoms. The summed E-state index contributed by atoms with van der Waals surface area (Å²) in [6, 6.07) is 11.5. The predicted octanol–water partition coefficient (Wildman–Crippen LogP) is 2.70. The Bertz CT molecular complexity index is 842. The highest BCUT2D eigenvalue weighted by Gasteiger charge is 2.09. The molecule has 7 heteroatoms. The van der Waals surface area contributed by atoms with Crippen molar-refractivity contribution >= 4 is 17.3 Å². The molecule has 112 valence electrons. The van der Waals surface area contributed by atoms with Crippen LogP contribution in [0.25, 0.3) is 11.3 Å². The van der Waals surface area contributed by atoms with Gasteiger partial charge in [0.25, 0.3) is 5.56 Å². The normalized spacial score (nSPS) is 10.6. The van der Waals surface area contributed by atoms with E-state index in [2.05, 4.69) is 15.6 Å². The Balaban J connectivity index is 1.74. The average molecular weight is 317 g/mol. The fraction of sp³-hybridized carbons (Fsp3) is 0.133. The molecule has 2 aromatic heterocycles. The molecular formula is C15H13ClN4O2. The first kappa shape index (κ1) is 14.3. The largest absolute Gasteiger partial charge is 0.377 e. The first-order valence-electron chi connectivity index (χ1n) is 6.62. The molecule has 0 bridgehead atoms. The number of aryl methyl sites for hydroxylation is 1. The lowest BCUT2D eigenvalue weighted by Crippen LogP contribution is -2.21. The highest BCUT2D eigenvalue weighted by atomic mass is 35.5. The number of nitrogens with zero attached hydrogens (tertiary/aromatic N) is 3. The average Bonchev–Trinajstić information content (AvgIpc) is 3.02. The van der Waals surface area contributed by atoms with E-state index in [1.54, 1.807) is 7.05 Å². The summed E-state index contributed by atoms with van der Waals surface area (Å²) in [7, 11) is 1.54. The molecule has 0 atom stereocenters. The second-order valence-corrected chi connectivity index (χ2v) is 5.08. The Hall–Kier alpha value is -2.60. The summed E-state index contributed by atoms with van der Waals surface area (Å²) in [4.78, 5) is 11.7. The van der Waals surface area contributed by atoms with Gasteiger partial charge >= 0.3 is 0 Å². The number of hydrogen-bond donors (Lipinski definition) is 1. The molecule has 3 aromatic rings. The maximum absolute atomic E-state index is 11.7. The number of aromatic nitrogens is 3. The highest BCUT2D eigenvalue weighted by molar-refractivity contribution is 6.32. The van der Waals surface area contributed by atoms with Crippen molar-refractivity contribution in [3.63, 3.8) is 0 Å². The van der Waals surface area contributed by atoms with Gasteiger partial charge < -0.3 is 9.84 Å². The molecule has 6 nitrogen and oxygen atoms in total. The molecule has 0 aliphatic heterocycles. The van der Waals surface area contributed by atoms with E-state index in [9.17, 15) is 4.79 Å². The molecule has 0 saturated heterocycles. The van der Waals surface area contributed by atoms with Crippen LogP contribution < -0.4 is 10.9 Å². The fourth-order valence-electron chi connectivity index (χ4n) is 1.95. The van der Waals surface area contributed by atoms with Crippen LogP contribution in [0.15, 0.2) is 51.9 Å². The van der Waals surface area contributed by atoms with Gasteiger partial charge in [-0.2, -0.15) is 5.10 Å². The van der Waals surface area contributed by atoms with Crippen LogP contribution in [0.5, 0.6) is 0 Å². The van der Waals surface area contributed by atoms with Crippen LogP contribution in [0.2, 0.25) is 5.02 Å². The SMILES string of the molecule is Cn1ncc(NCc2cc(-c3ccccc3)on2)c(Cl)c1=O. The number of halogens is 1. The zero-order chi connectivity index (χ0) is 15.5. The summed E-state index contributed by atoms with van der Waals surface area (Å²) in [5, 5.41) is 11.0. The Kier molecular flexibility index (Phi) is 3.93. The van der Waals surface area contributed by atoms with Gasteiger partial charge in [-0.15, -0.1) is 0 Å². The number of hydrogen-bond acceptors (Lipinski definition) is 5. The van der Waals surface area contributed by atoms with Gasteiger partial charge in [0.05, 0.1) is 18.4 Å². The number of nitrogens with one attached hydrogen (secondary N) is 1. The van der Waals surface area contributed by atoms with Gasteiger partial charge in [-0.3, -0.25) is 4.79 Å². The Morgan fingerprint density at radius 1 is 1.32 bits per heavy atom. The fourth-order valence-corrected chi connectivity index (χ4v) is 2.19. The summed E-state index contributed by atoms with van der Waals surface area (Å²) in [5.74, 6) is 0.686. The predicted molar refractivity (Wildman–Crippen MR) is 83.8 cm³/mol. The monoisotopic (exact) mass is 316 g/mol. The molecule has 0 amide bonds. The van der Waals surface area contributed by atoms with E-state index in [1.807, 2.05) is 36.4 Å². The number of rotatable bonds is 4. The topological polar surface area (TPSA) is 73.0 Å². The van der Waals surface area contributed by atoms with Crippen LogP contribution in [0.1, 0.15) is 5.69 Å². The van der Waals surface area contributed by atoms with Gasteiger partial charge in [-0.1, -0.05) is 47.1 Å². The lowest BCUT2D eigenvalue weighted by molar-refractivity contribution is 0.424. The number of anilines is 1. The van der Waals surface area contributed by atoms with Crippen molar-refractivity contribution < 1.29 is 4.52 Å². The van der Waals surface area contributed by atoms with Crippen molar-refractivity contribution in [2.24, 2.45) is 7.05 Å². The Labute approximate surface area is 131 Å². The van der Waals surface area contributed by atoms with Gasteiger partial charge in [0.15, 0.2) is 5.76 Å². The van der Waals surface area contributed by atoms with Gasteiger partial charge in [0.2, 0.25) is 0 Å². The van der Waals surface area contributed by atoms with Crippen LogP contribution in [-0.4, -0.2) is 14.9 Å². The zero-order valence-electron chi connectivity index (χ0n) is 11.8. The van der Waals surface area contributed by atoms with E-state index < -0.39 is 0 Å². The maximum Gasteiger partial charge on any atom is 0.287 e. The first-order chi connectivity index (χ1) is 10.6. The van der Waals surface area contributed by atoms with Gasteiger partial charge in [0.1, 0.15) is 10.7 Å². The van der Waals surface area contributed by atoms with E-state index in [0.29, 0.717) is 23.7 Å². The van der Waals surface area contributed by atoms with Crippen LogP contribution >= 0.6 is 11.6 Å². The molecule has 0 fully saturated rings. The quantitative estimate of drug-likeness (QED) is 0.801. The van der Waals surface area contributed by atoms with Crippen LogP contribution in [-0.2, 0) is 13.6 Å². The molecule has 22 heavy (non-hydrogen) atoms. The lowest BCUT2D eigenvalue weighted by atomic mass is 10.2. The van der Waals surface area contributed by atoms with E-state index >= 15 is 0 Å². The molecular weight excluding hydrogens is 304 g/mol. The summed E-state index contributed by atoms with van der Waals surface area (Å²) >= 11 is 5.99.